The Kier molecular flexibility index (Phi) is 5.18. The molecule has 1 aliphatic carbocycles. The van der Waals surface area contributed by atoms with Crippen molar-refractivity contribution in [1.29, 1.82) is 0 Å². The van der Waals surface area contributed by atoms with Gasteiger partial charge in [0.1, 0.15) is 0 Å². The molecule has 4 unspecified atom stereocenters. The first kappa shape index (κ1) is 15.5. The third kappa shape index (κ3) is 3.40. The topological polar surface area (TPSA) is 69.6 Å². The van der Waals surface area contributed by atoms with Gasteiger partial charge in [-0.2, -0.15) is 11.8 Å². The third-order valence-electron chi connectivity index (χ3n) is 4.62. The summed E-state index contributed by atoms with van der Waals surface area (Å²) < 4.78 is 0. The molecule has 0 aromatic rings. The molecule has 6 heteroatoms. The van der Waals surface area contributed by atoms with E-state index in [2.05, 4.69) is 11.6 Å². The number of carboxylic acid groups (broad SMARTS) is 1. The van der Waals surface area contributed by atoms with Crippen LogP contribution >= 0.6 is 11.8 Å². The minimum absolute atomic E-state index is 0.0898. The highest BCUT2D eigenvalue weighted by Crippen LogP contribution is 2.28. The molecule has 1 heterocycles. The van der Waals surface area contributed by atoms with Gasteiger partial charge in [-0.1, -0.05) is 6.42 Å². The molecule has 2 amide bonds. The molecule has 114 valence electrons. The number of rotatable bonds is 3. The molecule has 0 aromatic heterocycles. The van der Waals surface area contributed by atoms with Crippen LogP contribution in [0.2, 0.25) is 0 Å². The van der Waals surface area contributed by atoms with Crippen LogP contribution < -0.4 is 5.32 Å². The van der Waals surface area contributed by atoms with E-state index in [-0.39, 0.29) is 18.1 Å². The van der Waals surface area contributed by atoms with E-state index >= 15 is 0 Å². The summed E-state index contributed by atoms with van der Waals surface area (Å²) in [6.45, 7) is 2.37. The van der Waals surface area contributed by atoms with Crippen molar-refractivity contribution >= 4 is 23.8 Å². The number of hydrogen-bond acceptors (Lipinski definition) is 3. The van der Waals surface area contributed by atoms with E-state index in [1.54, 1.807) is 4.90 Å². The van der Waals surface area contributed by atoms with Crippen LogP contribution in [0.3, 0.4) is 0 Å². The maximum Gasteiger partial charge on any atom is 0.317 e. The Morgan fingerprint density at radius 1 is 1.30 bits per heavy atom. The van der Waals surface area contributed by atoms with E-state index in [4.69, 9.17) is 5.11 Å². The monoisotopic (exact) mass is 300 g/mol. The lowest BCUT2D eigenvalue weighted by molar-refractivity contribution is -0.142. The number of carbonyl (C=O) groups is 2. The van der Waals surface area contributed by atoms with Crippen LogP contribution in [0.25, 0.3) is 0 Å². The van der Waals surface area contributed by atoms with E-state index in [1.165, 1.54) is 6.42 Å². The summed E-state index contributed by atoms with van der Waals surface area (Å²) in [5.74, 6) is -1.22. The van der Waals surface area contributed by atoms with Crippen molar-refractivity contribution in [1.82, 2.24) is 10.2 Å². The zero-order valence-electron chi connectivity index (χ0n) is 12.2. The predicted molar refractivity (Wildman–Crippen MR) is 80.0 cm³/mol. The summed E-state index contributed by atoms with van der Waals surface area (Å²) in [5, 5.41) is 12.8. The molecule has 2 fully saturated rings. The number of aliphatic carboxylic acids is 1. The van der Waals surface area contributed by atoms with Gasteiger partial charge in [-0.25, -0.2) is 4.79 Å². The molecular formula is C14H24N2O3S. The quantitative estimate of drug-likeness (QED) is 0.838. The Hall–Kier alpha value is -0.910. The number of thioether (sulfide) groups is 1. The second kappa shape index (κ2) is 6.70. The number of carbonyl (C=O) groups excluding carboxylic acids is 1. The average Bonchev–Trinajstić information content (AvgIpc) is 2.81. The maximum atomic E-state index is 12.3. The molecule has 0 radical (unpaired) electrons. The van der Waals surface area contributed by atoms with Crippen LogP contribution in [-0.2, 0) is 4.79 Å². The number of nitrogens with zero attached hydrogens (tertiary/aromatic N) is 1. The van der Waals surface area contributed by atoms with E-state index in [1.807, 2.05) is 18.7 Å². The molecular weight excluding hydrogens is 276 g/mol. The minimum Gasteiger partial charge on any atom is -0.481 e. The van der Waals surface area contributed by atoms with Crippen LogP contribution in [0.5, 0.6) is 0 Å². The van der Waals surface area contributed by atoms with Crippen LogP contribution in [-0.4, -0.2) is 52.1 Å². The number of likely N-dealkylation sites (tertiary alicyclic amines) is 1. The number of hydrogen-bond donors (Lipinski definition) is 2. The summed E-state index contributed by atoms with van der Waals surface area (Å²) >= 11 is 1.87. The lowest BCUT2D eigenvalue weighted by Crippen LogP contribution is -2.48. The molecule has 1 saturated carbocycles. The SMILES string of the molecule is CSC1CCCC(NC(=O)N2CCC(C(=O)O)C2C)C1. The second-order valence-corrected chi connectivity index (χ2v) is 6.98. The zero-order valence-corrected chi connectivity index (χ0v) is 13.0. The van der Waals surface area contributed by atoms with E-state index in [0.717, 1.165) is 19.3 Å². The van der Waals surface area contributed by atoms with Crippen molar-refractivity contribution in [2.24, 2.45) is 5.92 Å². The van der Waals surface area contributed by atoms with E-state index in [9.17, 15) is 9.59 Å². The normalized spacial score (nSPS) is 34.0. The fraction of sp³-hybridized carbons (Fsp3) is 0.857. The average molecular weight is 300 g/mol. The van der Waals surface area contributed by atoms with Crippen LogP contribution in [0.15, 0.2) is 0 Å². The highest BCUT2D eigenvalue weighted by Gasteiger charge is 2.38. The molecule has 0 spiro atoms. The van der Waals surface area contributed by atoms with Gasteiger partial charge in [0.05, 0.1) is 5.92 Å². The maximum absolute atomic E-state index is 12.3. The molecule has 5 nitrogen and oxygen atoms in total. The lowest BCUT2D eigenvalue weighted by atomic mass is 9.95. The van der Waals surface area contributed by atoms with Gasteiger partial charge in [0, 0.05) is 23.9 Å². The molecule has 0 bridgehead atoms. The van der Waals surface area contributed by atoms with Gasteiger partial charge in [-0.15, -0.1) is 0 Å². The molecule has 20 heavy (non-hydrogen) atoms. The first-order valence-corrected chi connectivity index (χ1v) is 8.64. The van der Waals surface area contributed by atoms with Crippen LogP contribution in [0, 0.1) is 5.92 Å². The van der Waals surface area contributed by atoms with Gasteiger partial charge in [-0.05, 0) is 38.9 Å². The molecule has 0 aromatic carbocycles. The fourth-order valence-corrected chi connectivity index (χ4v) is 4.13. The van der Waals surface area contributed by atoms with Crippen molar-refractivity contribution in [3.05, 3.63) is 0 Å². The van der Waals surface area contributed by atoms with Crippen molar-refractivity contribution in [3.8, 4) is 0 Å². The third-order valence-corrected chi connectivity index (χ3v) is 5.71. The van der Waals surface area contributed by atoms with E-state index < -0.39 is 11.9 Å². The second-order valence-electron chi connectivity index (χ2n) is 5.84. The molecule has 2 N–H and O–H groups in total. The number of amides is 2. The summed E-state index contributed by atoms with van der Waals surface area (Å²) in [5.41, 5.74) is 0. The molecule has 2 rings (SSSR count). The summed E-state index contributed by atoms with van der Waals surface area (Å²) in [6, 6.07) is -0.0646. The molecule has 2 aliphatic rings. The Morgan fingerprint density at radius 3 is 2.65 bits per heavy atom. The van der Waals surface area contributed by atoms with Crippen molar-refractivity contribution in [2.75, 3.05) is 12.8 Å². The highest BCUT2D eigenvalue weighted by atomic mass is 32.2. The zero-order chi connectivity index (χ0) is 14.7. The molecule has 1 saturated heterocycles. The van der Waals surface area contributed by atoms with Gasteiger partial charge >= 0.3 is 12.0 Å². The number of carboxylic acids is 1. The number of urea groups is 1. The van der Waals surface area contributed by atoms with Gasteiger partial charge in [-0.3, -0.25) is 4.79 Å². The van der Waals surface area contributed by atoms with Gasteiger partial charge < -0.3 is 15.3 Å². The van der Waals surface area contributed by atoms with Gasteiger partial charge in [0.15, 0.2) is 0 Å². The predicted octanol–water partition coefficient (Wildman–Crippen LogP) is 2.17. The highest BCUT2D eigenvalue weighted by molar-refractivity contribution is 7.99. The summed E-state index contributed by atoms with van der Waals surface area (Å²) in [4.78, 5) is 25.1. The smallest absolute Gasteiger partial charge is 0.317 e. The standard InChI is InChI=1S/C14H24N2O3S/c1-9-12(13(17)18)6-7-16(9)14(19)15-10-4-3-5-11(8-10)20-2/h9-12H,3-8H2,1-2H3,(H,15,19)(H,17,18). The van der Waals surface area contributed by atoms with E-state index in [0.29, 0.717) is 18.2 Å². The Labute approximate surface area is 124 Å². The lowest BCUT2D eigenvalue weighted by Gasteiger charge is -2.31. The summed E-state index contributed by atoms with van der Waals surface area (Å²) in [6.07, 6.45) is 7.13. The Bertz CT molecular complexity index is 377. The van der Waals surface area contributed by atoms with Crippen LogP contribution in [0.4, 0.5) is 4.79 Å². The van der Waals surface area contributed by atoms with Crippen molar-refractivity contribution < 1.29 is 14.7 Å². The van der Waals surface area contributed by atoms with Gasteiger partial charge in [0.25, 0.3) is 0 Å². The largest absolute Gasteiger partial charge is 0.481 e. The van der Waals surface area contributed by atoms with Crippen LogP contribution in [0.1, 0.15) is 39.0 Å². The summed E-state index contributed by atoms with van der Waals surface area (Å²) in [7, 11) is 0. The minimum atomic E-state index is -0.798. The first-order chi connectivity index (χ1) is 9.52. The fourth-order valence-electron chi connectivity index (χ4n) is 3.30. The molecule has 4 atom stereocenters. The Balaban J connectivity index is 1.87. The number of nitrogens with one attached hydrogen (secondary N) is 1. The van der Waals surface area contributed by atoms with Crippen molar-refractivity contribution in [2.45, 2.75) is 56.4 Å². The van der Waals surface area contributed by atoms with Gasteiger partial charge in [0.2, 0.25) is 0 Å². The molecule has 1 aliphatic heterocycles. The first-order valence-electron chi connectivity index (χ1n) is 7.35. The Morgan fingerprint density at radius 2 is 2.05 bits per heavy atom. The van der Waals surface area contributed by atoms with Crippen molar-refractivity contribution in [3.63, 3.8) is 0 Å².